The van der Waals surface area contributed by atoms with Gasteiger partial charge >= 0.3 is 16.9 Å². The van der Waals surface area contributed by atoms with Crippen LogP contribution in [0.5, 0.6) is 0 Å². The minimum absolute atomic E-state index is 0.0925. The van der Waals surface area contributed by atoms with Gasteiger partial charge in [-0.1, -0.05) is 270 Å². The number of fused-ring (bicyclic) bond motifs is 31. The highest BCUT2D eigenvalue weighted by Gasteiger charge is 2.40. The molecule has 9 heterocycles. The highest BCUT2D eigenvalue weighted by Crippen LogP contribution is 2.55. The van der Waals surface area contributed by atoms with Crippen LogP contribution in [0, 0.1) is 0 Å². The summed E-state index contributed by atoms with van der Waals surface area (Å²) in [7, 11) is 0. The number of nitrogens with zero attached hydrogens (tertiary/aromatic N) is 6. The molecule has 13 heteroatoms. The molecular weight excluding hydrogens is 1580 g/mol. The lowest BCUT2D eigenvalue weighted by molar-refractivity contribution is 0.569. The highest BCUT2D eigenvalue weighted by atomic mass is 16.4. The zero-order valence-corrected chi connectivity index (χ0v) is 69.7. The Bertz CT molecular complexity index is 9580. The van der Waals surface area contributed by atoms with Gasteiger partial charge in [-0.15, -0.1) is 0 Å². The van der Waals surface area contributed by atoms with Crippen LogP contribution in [0.1, 0.15) is 49.9 Å². The van der Waals surface area contributed by atoms with Crippen LogP contribution in [0.3, 0.4) is 0 Å². The molecule has 28 rings (SSSR count). The molecule has 2 aliphatic rings. The van der Waals surface area contributed by atoms with E-state index in [1.54, 1.807) is 0 Å². The first-order chi connectivity index (χ1) is 62.7. The monoisotopic (exact) mass is 1650 g/mol. The summed E-state index contributed by atoms with van der Waals surface area (Å²) in [5.41, 5.74) is 28.1. The molecule has 0 unspecified atom stereocenters. The van der Waals surface area contributed by atoms with Crippen molar-refractivity contribution in [3.05, 3.63) is 417 Å². The number of benzene rings is 17. The van der Waals surface area contributed by atoms with Crippen molar-refractivity contribution >= 4 is 175 Å². The van der Waals surface area contributed by atoms with Crippen molar-refractivity contribution in [3.8, 4) is 56.1 Å². The van der Waals surface area contributed by atoms with E-state index in [0.717, 1.165) is 149 Å². The normalized spacial score (nSPS) is 13.2. The number of furan rings is 1. The van der Waals surface area contributed by atoms with Crippen molar-refractivity contribution in [2.75, 3.05) is 0 Å². The molecule has 0 N–H and O–H groups in total. The molecule has 26 aromatic rings. The molecule has 0 saturated carbocycles. The number of para-hydroxylation sites is 8. The lowest BCUT2D eigenvalue weighted by atomic mass is 9.81. The van der Waals surface area contributed by atoms with E-state index in [2.05, 4.69) is 252 Å². The summed E-state index contributed by atoms with van der Waals surface area (Å²) in [5.74, 6) is 0. The van der Waals surface area contributed by atoms with Crippen molar-refractivity contribution in [1.82, 2.24) is 28.2 Å². The third-order valence-corrected chi connectivity index (χ3v) is 27.2. The molecule has 0 spiro atoms. The van der Waals surface area contributed by atoms with Gasteiger partial charge in [0.05, 0.1) is 49.3 Å². The second-order valence-corrected chi connectivity index (χ2v) is 34.8. The average Bonchev–Trinajstić information content (AvgIpc) is 1.54. The summed E-state index contributed by atoms with van der Waals surface area (Å²) in [4.78, 5) is 50.6. The first-order valence-electron chi connectivity index (χ1n) is 43.2. The molecule has 9 aromatic heterocycles. The Morgan fingerprint density at radius 2 is 0.656 bits per heavy atom. The van der Waals surface area contributed by atoms with Crippen molar-refractivity contribution in [1.29, 1.82) is 0 Å². The molecule has 13 nitrogen and oxygen atoms in total. The molecule has 0 aliphatic heterocycles. The fourth-order valence-corrected chi connectivity index (χ4v) is 21.4. The average molecular weight is 1650 g/mol. The van der Waals surface area contributed by atoms with E-state index in [4.69, 9.17) is 27.6 Å². The third-order valence-electron chi connectivity index (χ3n) is 27.2. The Balaban J connectivity index is 0.000000103. The lowest BCUT2D eigenvalue weighted by Gasteiger charge is -2.23. The molecule has 0 fully saturated rings. The predicted molar refractivity (Wildman–Crippen MR) is 521 cm³/mol. The van der Waals surface area contributed by atoms with E-state index in [9.17, 15) is 14.4 Å². The SMILES string of the molecule is CC1(C)c2ccccc2-c2cc3c4ccccc4n(-c4ccc5c(c4)c(=O)oc4ccccc45)c3cc21.CC1(C)c2ccccc2-c2ccc3c4ccccc4n(-c4ccc5c(c4)c(=O)oc4cc(-c6cccc7oc8ccccc8c67)ccc45)c3c21.O=c1oc2ccccc2c2ccc(-n3c4ccccc4c4nc5c6ccccc6n(-c6ccccc6)c5nc43)cc12. The van der Waals surface area contributed by atoms with Crippen LogP contribution in [0.2, 0.25) is 0 Å². The molecule has 128 heavy (non-hydrogen) atoms. The summed E-state index contributed by atoms with van der Waals surface area (Å²) < 4.78 is 32.5. The van der Waals surface area contributed by atoms with Crippen LogP contribution in [-0.2, 0) is 10.8 Å². The van der Waals surface area contributed by atoms with Gasteiger partial charge in [-0.2, -0.15) is 0 Å². The maximum absolute atomic E-state index is 13.9. The quantitative estimate of drug-likeness (QED) is 0.121. The fourth-order valence-electron chi connectivity index (χ4n) is 21.4. The topological polar surface area (TPSA) is 149 Å². The fraction of sp³-hybridized carbons (Fsp3) is 0.0522. The van der Waals surface area contributed by atoms with Gasteiger partial charge in [-0.05, 0) is 177 Å². The molecule has 604 valence electrons. The van der Waals surface area contributed by atoms with Crippen LogP contribution < -0.4 is 16.9 Å². The first kappa shape index (κ1) is 72.8. The molecule has 0 bridgehead atoms. The van der Waals surface area contributed by atoms with Gasteiger partial charge in [-0.3, -0.25) is 9.13 Å². The zero-order chi connectivity index (χ0) is 85.3. The van der Waals surface area contributed by atoms with Crippen LogP contribution in [0.15, 0.2) is 396 Å². The van der Waals surface area contributed by atoms with E-state index in [-0.39, 0.29) is 27.7 Å². The molecule has 2 aliphatic carbocycles. The molecule has 17 aromatic carbocycles. The van der Waals surface area contributed by atoms with Gasteiger partial charge in [0, 0.05) is 109 Å². The molecule has 0 atom stereocenters. The van der Waals surface area contributed by atoms with Gasteiger partial charge in [0.25, 0.3) is 0 Å². The van der Waals surface area contributed by atoms with Gasteiger partial charge in [-0.25, -0.2) is 24.4 Å². The number of hydrogen-bond acceptors (Lipinski definition) is 9. The minimum Gasteiger partial charge on any atom is -0.456 e. The first-order valence-corrected chi connectivity index (χ1v) is 43.2. The molecule has 0 saturated heterocycles. The van der Waals surface area contributed by atoms with E-state index in [1.165, 1.54) is 71.6 Å². The van der Waals surface area contributed by atoms with Crippen LogP contribution in [0.4, 0.5) is 0 Å². The Morgan fingerprint density at radius 3 is 1.26 bits per heavy atom. The third kappa shape index (κ3) is 10.5. The molecule has 0 radical (unpaired) electrons. The smallest absolute Gasteiger partial charge is 0.344 e. The predicted octanol–water partition coefficient (Wildman–Crippen LogP) is 28.2. The second-order valence-electron chi connectivity index (χ2n) is 34.8. The van der Waals surface area contributed by atoms with E-state index in [0.29, 0.717) is 32.9 Å². The maximum atomic E-state index is 13.9. The molecular formula is C115H72N6O7. The number of hydrogen-bond donors (Lipinski definition) is 0. The van der Waals surface area contributed by atoms with E-state index < -0.39 is 0 Å². The van der Waals surface area contributed by atoms with Gasteiger partial charge in [0.1, 0.15) is 38.9 Å². The van der Waals surface area contributed by atoms with Crippen LogP contribution in [0.25, 0.3) is 231 Å². The number of rotatable bonds is 5. The van der Waals surface area contributed by atoms with E-state index in [1.807, 2.05) is 158 Å². The summed E-state index contributed by atoms with van der Waals surface area (Å²) in [5, 5.41) is 16.1. The summed E-state index contributed by atoms with van der Waals surface area (Å²) in [6, 6.07) is 125. The van der Waals surface area contributed by atoms with E-state index >= 15 is 0 Å². The molecule has 0 amide bonds. The largest absolute Gasteiger partial charge is 0.456 e. The van der Waals surface area contributed by atoms with Crippen LogP contribution in [-0.4, -0.2) is 28.2 Å². The van der Waals surface area contributed by atoms with Crippen molar-refractivity contribution in [3.63, 3.8) is 0 Å². The van der Waals surface area contributed by atoms with Crippen LogP contribution >= 0.6 is 0 Å². The van der Waals surface area contributed by atoms with Gasteiger partial charge < -0.3 is 26.8 Å². The Morgan fingerprint density at radius 1 is 0.234 bits per heavy atom. The Labute approximate surface area is 728 Å². The van der Waals surface area contributed by atoms with Crippen molar-refractivity contribution in [2.45, 2.75) is 38.5 Å². The summed E-state index contributed by atoms with van der Waals surface area (Å²) in [6.45, 7) is 9.26. The Hall–Kier alpha value is -16.8. The number of aromatic nitrogens is 6. The van der Waals surface area contributed by atoms with Gasteiger partial charge in [0.15, 0.2) is 11.3 Å². The second kappa shape index (κ2) is 27.1. The zero-order valence-electron chi connectivity index (χ0n) is 69.7. The van der Waals surface area contributed by atoms with Crippen molar-refractivity contribution < 1.29 is 17.7 Å². The summed E-state index contributed by atoms with van der Waals surface area (Å²) in [6.07, 6.45) is 0. The highest BCUT2D eigenvalue weighted by molar-refractivity contribution is 6.19. The van der Waals surface area contributed by atoms with Gasteiger partial charge in [0.2, 0.25) is 0 Å². The Kier molecular flexibility index (Phi) is 15.4. The minimum atomic E-state index is -0.362. The standard InChI is InChI=1S/C46H29NO3.C35H20N4O2.C34H23NO2/c1-46(2)37-14-6-3-10-30(37)33-22-23-34-31-11-4-7-15-38(31)47(44(34)43(33)46)27-19-21-29-32-20-18-26(24-41(32)50-45(48)36(29)25-27)28-13-9-17-40-42(28)35-12-5-8-16-39(35)49-40;40-35-27-20-22(18-19-23(27)24-12-6-9-17-30(24)41-35)39-29-16-8-5-14-26(29)32-34(39)37-33-31(36-32)25-13-4-7-15-28(25)38(33)21-10-2-1-3-11-21;1-34(2)28-12-6-3-9-22(28)25-18-26-23-10-4-7-13-30(23)35(31(26)19-29(25)34)20-15-16-21-24-11-5-8-14-32(24)37-33(36)27(21)17-20/h3-25H,1-2H3;1-20H;3-19H,1-2H3. The maximum Gasteiger partial charge on any atom is 0.344 e. The van der Waals surface area contributed by atoms with Crippen molar-refractivity contribution in [2.24, 2.45) is 0 Å². The lowest BCUT2D eigenvalue weighted by Crippen LogP contribution is -2.16. The summed E-state index contributed by atoms with van der Waals surface area (Å²) >= 11 is 0.